The van der Waals surface area contributed by atoms with Gasteiger partial charge in [0.1, 0.15) is 11.3 Å². The van der Waals surface area contributed by atoms with E-state index in [1.54, 1.807) is 10.9 Å². The second kappa shape index (κ2) is 9.55. The molecule has 8 heteroatoms. The van der Waals surface area contributed by atoms with Gasteiger partial charge in [-0.25, -0.2) is 9.37 Å². The summed E-state index contributed by atoms with van der Waals surface area (Å²) < 4.78 is 16.7. The van der Waals surface area contributed by atoms with Gasteiger partial charge in [-0.15, -0.1) is 12.4 Å². The highest BCUT2D eigenvalue weighted by atomic mass is 35.5. The zero-order valence-corrected chi connectivity index (χ0v) is 19.8. The number of hydrogen-bond donors (Lipinski definition) is 2. The highest BCUT2D eigenvalue weighted by Crippen LogP contribution is 2.33. The van der Waals surface area contributed by atoms with Crippen LogP contribution in [0.2, 0.25) is 0 Å². The normalized spacial score (nSPS) is 18.6. The molecule has 1 aliphatic carbocycles. The number of pyridine rings is 1. The van der Waals surface area contributed by atoms with Crippen molar-refractivity contribution in [3.63, 3.8) is 0 Å². The van der Waals surface area contributed by atoms with Crippen molar-refractivity contribution in [1.29, 1.82) is 0 Å². The molecule has 0 unspecified atom stereocenters. The van der Waals surface area contributed by atoms with Crippen molar-refractivity contribution in [2.75, 3.05) is 5.32 Å². The number of aromatic nitrogens is 3. The molecule has 0 radical (unpaired) electrons. The molecule has 1 saturated carbocycles. The molecule has 0 aliphatic heterocycles. The summed E-state index contributed by atoms with van der Waals surface area (Å²) in [5.41, 5.74) is 9.89. The third-order valence-electron chi connectivity index (χ3n) is 6.24. The number of amides is 1. The number of benzene rings is 1. The van der Waals surface area contributed by atoms with Crippen molar-refractivity contribution in [3.8, 4) is 11.1 Å². The predicted octanol–water partition coefficient (Wildman–Crippen LogP) is 5.08. The van der Waals surface area contributed by atoms with E-state index in [0.717, 1.165) is 47.0 Å². The zero-order chi connectivity index (χ0) is 22.3. The fourth-order valence-electron chi connectivity index (χ4n) is 4.71. The Balaban J connectivity index is 0.00000289. The van der Waals surface area contributed by atoms with Gasteiger partial charge in [-0.2, -0.15) is 5.10 Å². The number of carbonyl (C=O) groups excluding carboxylic acids is 1. The summed E-state index contributed by atoms with van der Waals surface area (Å²) in [6, 6.07) is 5.39. The van der Waals surface area contributed by atoms with Crippen molar-refractivity contribution >= 4 is 35.0 Å². The van der Waals surface area contributed by atoms with Crippen LogP contribution in [0.3, 0.4) is 0 Å². The Bertz CT molecular complexity index is 1140. The van der Waals surface area contributed by atoms with E-state index in [1.807, 2.05) is 26.1 Å². The molecule has 2 heterocycles. The maximum absolute atomic E-state index is 14.9. The third kappa shape index (κ3) is 4.64. The molecular weight excluding hydrogens is 429 g/mol. The molecule has 1 aliphatic rings. The van der Waals surface area contributed by atoms with Crippen LogP contribution >= 0.6 is 12.4 Å². The smallest absolute Gasteiger partial charge is 0.228 e. The Hall–Kier alpha value is -2.51. The lowest BCUT2D eigenvalue weighted by Crippen LogP contribution is -2.34. The number of aryl methyl sites for hydroxylation is 2. The molecule has 0 spiro atoms. The standard InChI is InChI=1S/C24H30FN5O.ClH/c1-13(2)23-19-9-16(10-20(25)22(19)29-30(23)4)18-11-21(27-12-14(18)3)28-24(31)15-6-5-7-17(26)8-15;/h9-13,15,17H,5-8,26H2,1-4H3,(H,27,28,31);1H/t15-,17+;/m0./s1. The number of nitrogens with zero attached hydrogens (tertiary/aromatic N) is 3. The zero-order valence-electron chi connectivity index (χ0n) is 19.0. The van der Waals surface area contributed by atoms with Gasteiger partial charge in [0.25, 0.3) is 0 Å². The lowest BCUT2D eigenvalue weighted by molar-refractivity contribution is -0.120. The monoisotopic (exact) mass is 459 g/mol. The summed E-state index contributed by atoms with van der Waals surface area (Å²) in [5.74, 6) is 0.190. The SMILES string of the molecule is Cc1cnc(NC(=O)[C@H]2CCC[C@@H](N)C2)cc1-c1cc(F)c2nn(C)c(C(C)C)c2c1.Cl. The summed E-state index contributed by atoms with van der Waals surface area (Å²) in [6.45, 7) is 6.08. The van der Waals surface area contributed by atoms with E-state index in [0.29, 0.717) is 17.8 Å². The number of carbonyl (C=O) groups is 1. The first-order valence-electron chi connectivity index (χ1n) is 10.9. The highest BCUT2D eigenvalue weighted by molar-refractivity contribution is 5.93. The van der Waals surface area contributed by atoms with E-state index < -0.39 is 0 Å². The minimum absolute atomic E-state index is 0. The van der Waals surface area contributed by atoms with E-state index in [1.165, 1.54) is 6.07 Å². The van der Waals surface area contributed by atoms with Crippen LogP contribution in [0.1, 0.15) is 56.7 Å². The lowest BCUT2D eigenvalue weighted by atomic mass is 9.85. The van der Waals surface area contributed by atoms with Gasteiger partial charge < -0.3 is 11.1 Å². The topological polar surface area (TPSA) is 85.8 Å². The summed E-state index contributed by atoms with van der Waals surface area (Å²) in [5, 5.41) is 8.12. The number of anilines is 1. The number of halogens is 2. The Labute approximate surface area is 194 Å². The van der Waals surface area contributed by atoms with Crippen molar-refractivity contribution in [2.45, 2.75) is 58.4 Å². The predicted molar refractivity (Wildman–Crippen MR) is 129 cm³/mol. The Morgan fingerprint density at radius 3 is 2.72 bits per heavy atom. The Morgan fingerprint density at radius 1 is 1.28 bits per heavy atom. The molecule has 6 nitrogen and oxygen atoms in total. The summed E-state index contributed by atoms with van der Waals surface area (Å²) >= 11 is 0. The average Bonchev–Trinajstić information content (AvgIpc) is 3.06. The van der Waals surface area contributed by atoms with E-state index in [2.05, 4.69) is 29.2 Å². The van der Waals surface area contributed by atoms with Crippen LogP contribution in [0, 0.1) is 18.7 Å². The average molecular weight is 460 g/mol. The molecule has 3 N–H and O–H groups in total. The van der Waals surface area contributed by atoms with Gasteiger partial charge in [0, 0.05) is 36.3 Å². The van der Waals surface area contributed by atoms with Gasteiger partial charge in [-0.05, 0) is 67.0 Å². The van der Waals surface area contributed by atoms with Crippen molar-refractivity contribution < 1.29 is 9.18 Å². The van der Waals surface area contributed by atoms with Crippen molar-refractivity contribution in [1.82, 2.24) is 14.8 Å². The molecule has 0 saturated heterocycles. The van der Waals surface area contributed by atoms with Gasteiger partial charge in [0.15, 0.2) is 5.82 Å². The minimum Gasteiger partial charge on any atom is -0.328 e. The second-order valence-corrected chi connectivity index (χ2v) is 9.02. The first kappa shape index (κ1) is 24.1. The fraction of sp³-hybridized carbons (Fsp3) is 0.458. The Morgan fingerprint density at radius 2 is 2.03 bits per heavy atom. The van der Waals surface area contributed by atoms with Crippen LogP contribution in [0.15, 0.2) is 24.4 Å². The van der Waals surface area contributed by atoms with Crippen LogP contribution in [-0.2, 0) is 11.8 Å². The number of nitrogens with two attached hydrogens (primary N) is 1. The van der Waals surface area contributed by atoms with Gasteiger partial charge >= 0.3 is 0 Å². The van der Waals surface area contributed by atoms with Crippen LogP contribution in [0.25, 0.3) is 22.0 Å². The molecule has 2 aromatic heterocycles. The summed E-state index contributed by atoms with van der Waals surface area (Å²) in [7, 11) is 1.84. The number of nitrogens with one attached hydrogen (secondary N) is 1. The number of fused-ring (bicyclic) bond motifs is 1. The van der Waals surface area contributed by atoms with Crippen LogP contribution in [0.4, 0.5) is 10.2 Å². The summed E-state index contributed by atoms with van der Waals surface area (Å²) in [4.78, 5) is 17.1. The van der Waals surface area contributed by atoms with E-state index in [-0.39, 0.29) is 42.0 Å². The molecule has 172 valence electrons. The van der Waals surface area contributed by atoms with Crippen LogP contribution in [-0.4, -0.2) is 26.7 Å². The third-order valence-corrected chi connectivity index (χ3v) is 6.24. The minimum atomic E-state index is -0.354. The van der Waals surface area contributed by atoms with Gasteiger partial charge in [0.05, 0.1) is 0 Å². The number of rotatable bonds is 4. The lowest BCUT2D eigenvalue weighted by Gasteiger charge is -2.25. The molecular formula is C24H31ClFN5O. The number of hydrogen-bond acceptors (Lipinski definition) is 4. The molecule has 1 aromatic carbocycles. The first-order chi connectivity index (χ1) is 14.7. The van der Waals surface area contributed by atoms with Crippen LogP contribution < -0.4 is 11.1 Å². The largest absolute Gasteiger partial charge is 0.328 e. The molecule has 1 amide bonds. The van der Waals surface area contributed by atoms with Crippen molar-refractivity contribution in [2.24, 2.45) is 18.7 Å². The van der Waals surface area contributed by atoms with E-state index in [9.17, 15) is 9.18 Å². The maximum Gasteiger partial charge on any atom is 0.228 e. The Kier molecular flexibility index (Phi) is 7.20. The van der Waals surface area contributed by atoms with Crippen molar-refractivity contribution in [3.05, 3.63) is 41.5 Å². The highest BCUT2D eigenvalue weighted by Gasteiger charge is 2.26. The molecule has 3 aromatic rings. The van der Waals surface area contributed by atoms with Gasteiger partial charge in [-0.3, -0.25) is 9.48 Å². The first-order valence-corrected chi connectivity index (χ1v) is 10.9. The van der Waals surface area contributed by atoms with E-state index in [4.69, 9.17) is 5.73 Å². The van der Waals surface area contributed by atoms with Gasteiger partial charge in [0.2, 0.25) is 5.91 Å². The molecule has 32 heavy (non-hydrogen) atoms. The van der Waals surface area contributed by atoms with E-state index >= 15 is 0 Å². The maximum atomic E-state index is 14.9. The quantitative estimate of drug-likeness (QED) is 0.569. The molecule has 2 atom stereocenters. The van der Waals surface area contributed by atoms with Crippen LogP contribution in [0.5, 0.6) is 0 Å². The molecule has 1 fully saturated rings. The molecule has 0 bridgehead atoms. The summed E-state index contributed by atoms with van der Waals surface area (Å²) in [6.07, 6.45) is 5.20. The fourth-order valence-corrected chi connectivity index (χ4v) is 4.71. The second-order valence-electron chi connectivity index (χ2n) is 9.02. The molecule has 4 rings (SSSR count). The van der Waals surface area contributed by atoms with Gasteiger partial charge in [-0.1, -0.05) is 20.3 Å².